The molecule has 0 bridgehead atoms. The van der Waals surface area contributed by atoms with E-state index >= 15 is 0 Å². The Labute approximate surface area is 154 Å². The molecule has 0 aliphatic heterocycles. The largest absolute Gasteiger partial charge is 0.360 e. The number of aldehydes is 1. The number of aryl methyl sites for hydroxylation is 1. The molecule has 6 nitrogen and oxygen atoms in total. The van der Waals surface area contributed by atoms with Crippen LogP contribution in [0.2, 0.25) is 25.7 Å². The second kappa shape index (κ2) is 7.47. The fraction of sp³-hybridized carbons (Fsp3) is 0.368. The van der Waals surface area contributed by atoms with Crippen molar-refractivity contribution in [1.29, 1.82) is 0 Å². The van der Waals surface area contributed by atoms with E-state index in [4.69, 9.17) is 4.74 Å². The van der Waals surface area contributed by atoms with Crippen LogP contribution in [0, 0.1) is 6.92 Å². The molecule has 2 aromatic heterocycles. The van der Waals surface area contributed by atoms with E-state index in [1.54, 1.807) is 23.3 Å². The van der Waals surface area contributed by atoms with Gasteiger partial charge < -0.3 is 4.74 Å². The highest BCUT2D eigenvalue weighted by molar-refractivity contribution is 6.76. The number of nitrogens with zero attached hydrogens (tertiary/aromatic N) is 4. The standard InChI is InChI=1S/C19H24N4O2Si/c1-14-20-9-18(10-21-14)15-7-16-11-22-23(19(16)17(8-15)12-24)13-25-5-6-26(2,3)4/h7-12H,5-6,13H2,1-4H3. The molecule has 0 saturated carbocycles. The predicted octanol–water partition coefficient (Wildman–Crippen LogP) is 3.93. The van der Waals surface area contributed by atoms with Gasteiger partial charge in [0.15, 0.2) is 6.29 Å². The molecule has 3 rings (SSSR count). The molecule has 0 spiro atoms. The monoisotopic (exact) mass is 368 g/mol. The molecule has 0 unspecified atom stereocenters. The van der Waals surface area contributed by atoms with Crippen molar-refractivity contribution in [2.75, 3.05) is 6.61 Å². The highest BCUT2D eigenvalue weighted by Gasteiger charge is 2.14. The van der Waals surface area contributed by atoms with E-state index in [0.29, 0.717) is 24.7 Å². The van der Waals surface area contributed by atoms with Crippen LogP contribution in [0.1, 0.15) is 16.2 Å². The third-order valence-electron chi connectivity index (χ3n) is 4.21. The zero-order valence-electron chi connectivity index (χ0n) is 15.7. The summed E-state index contributed by atoms with van der Waals surface area (Å²) < 4.78 is 7.54. The van der Waals surface area contributed by atoms with Crippen LogP contribution in [-0.2, 0) is 11.5 Å². The van der Waals surface area contributed by atoms with Gasteiger partial charge in [-0.25, -0.2) is 14.6 Å². The van der Waals surface area contributed by atoms with Crippen molar-refractivity contribution >= 4 is 25.3 Å². The zero-order valence-corrected chi connectivity index (χ0v) is 16.7. The second-order valence-electron chi connectivity index (χ2n) is 7.63. The fourth-order valence-electron chi connectivity index (χ4n) is 2.69. The van der Waals surface area contributed by atoms with Crippen molar-refractivity contribution in [3.8, 4) is 11.1 Å². The maximum Gasteiger partial charge on any atom is 0.152 e. The smallest absolute Gasteiger partial charge is 0.152 e. The van der Waals surface area contributed by atoms with Crippen LogP contribution < -0.4 is 0 Å². The molecule has 0 saturated heterocycles. The maximum absolute atomic E-state index is 11.7. The van der Waals surface area contributed by atoms with Gasteiger partial charge in [0.2, 0.25) is 0 Å². The molecule has 136 valence electrons. The molecule has 0 aliphatic carbocycles. The first-order valence-corrected chi connectivity index (χ1v) is 12.4. The van der Waals surface area contributed by atoms with Gasteiger partial charge in [0, 0.05) is 43.6 Å². The number of fused-ring (bicyclic) bond motifs is 1. The Balaban J connectivity index is 1.87. The van der Waals surface area contributed by atoms with E-state index in [1.807, 2.05) is 19.1 Å². The van der Waals surface area contributed by atoms with E-state index in [2.05, 4.69) is 34.7 Å². The van der Waals surface area contributed by atoms with Crippen LogP contribution >= 0.6 is 0 Å². The lowest BCUT2D eigenvalue weighted by Crippen LogP contribution is -2.22. The molecule has 2 heterocycles. The highest BCUT2D eigenvalue weighted by atomic mass is 28.3. The lowest BCUT2D eigenvalue weighted by atomic mass is 10.0. The lowest BCUT2D eigenvalue weighted by molar-refractivity contribution is 0.0816. The molecule has 0 atom stereocenters. The zero-order chi connectivity index (χ0) is 18.7. The summed E-state index contributed by atoms with van der Waals surface area (Å²) in [6.45, 7) is 9.87. The number of hydrogen-bond acceptors (Lipinski definition) is 5. The van der Waals surface area contributed by atoms with Gasteiger partial charge in [-0.1, -0.05) is 19.6 Å². The van der Waals surface area contributed by atoms with Gasteiger partial charge in [-0.15, -0.1) is 0 Å². The summed E-state index contributed by atoms with van der Waals surface area (Å²) >= 11 is 0. The molecular formula is C19H24N4O2Si. The van der Waals surface area contributed by atoms with Gasteiger partial charge in [-0.05, 0) is 30.7 Å². The van der Waals surface area contributed by atoms with Gasteiger partial charge >= 0.3 is 0 Å². The minimum Gasteiger partial charge on any atom is -0.360 e. The van der Waals surface area contributed by atoms with Crippen LogP contribution in [0.4, 0.5) is 0 Å². The summed E-state index contributed by atoms with van der Waals surface area (Å²) in [6.07, 6.45) is 6.16. The fourth-order valence-corrected chi connectivity index (χ4v) is 3.45. The van der Waals surface area contributed by atoms with Gasteiger partial charge in [-0.3, -0.25) is 4.79 Å². The van der Waals surface area contributed by atoms with Crippen molar-refractivity contribution in [3.63, 3.8) is 0 Å². The lowest BCUT2D eigenvalue weighted by Gasteiger charge is -2.15. The first kappa shape index (κ1) is 18.4. The first-order chi connectivity index (χ1) is 12.4. The number of rotatable bonds is 7. The van der Waals surface area contributed by atoms with Crippen molar-refractivity contribution in [2.24, 2.45) is 0 Å². The van der Waals surface area contributed by atoms with Crippen LogP contribution in [0.15, 0.2) is 30.7 Å². The summed E-state index contributed by atoms with van der Waals surface area (Å²) in [6, 6.07) is 4.95. The Morgan fingerprint density at radius 1 is 1.12 bits per heavy atom. The summed E-state index contributed by atoms with van der Waals surface area (Å²) in [5.74, 6) is 0.716. The topological polar surface area (TPSA) is 69.9 Å². The van der Waals surface area contributed by atoms with E-state index in [-0.39, 0.29) is 0 Å². The van der Waals surface area contributed by atoms with Gasteiger partial charge in [0.1, 0.15) is 12.6 Å². The summed E-state index contributed by atoms with van der Waals surface area (Å²) in [4.78, 5) is 20.1. The second-order valence-corrected chi connectivity index (χ2v) is 13.3. The Hall–Kier alpha value is -2.38. The Bertz CT molecular complexity index is 914. The molecule has 0 amide bonds. The number of benzene rings is 1. The molecule has 1 aromatic carbocycles. The quantitative estimate of drug-likeness (QED) is 0.359. The van der Waals surface area contributed by atoms with Crippen molar-refractivity contribution in [3.05, 3.63) is 42.1 Å². The summed E-state index contributed by atoms with van der Waals surface area (Å²) in [7, 11) is -1.12. The minimum atomic E-state index is -1.12. The normalized spacial score (nSPS) is 11.8. The Kier molecular flexibility index (Phi) is 5.29. The molecule has 0 aliphatic rings. The molecule has 0 N–H and O–H groups in total. The van der Waals surface area contributed by atoms with Gasteiger partial charge in [-0.2, -0.15) is 5.10 Å². The van der Waals surface area contributed by atoms with Crippen LogP contribution in [0.5, 0.6) is 0 Å². The number of ether oxygens (including phenoxy) is 1. The van der Waals surface area contributed by atoms with Crippen molar-refractivity contribution in [2.45, 2.75) is 39.3 Å². The molecule has 7 heteroatoms. The van der Waals surface area contributed by atoms with Crippen LogP contribution in [0.3, 0.4) is 0 Å². The molecular weight excluding hydrogens is 344 g/mol. The Morgan fingerprint density at radius 3 is 2.50 bits per heavy atom. The molecule has 3 aromatic rings. The summed E-state index contributed by atoms with van der Waals surface area (Å²) in [5.41, 5.74) is 3.16. The van der Waals surface area contributed by atoms with Crippen LogP contribution in [0.25, 0.3) is 22.0 Å². The molecule has 0 radical (unpaired) electrons. The van der Waals surface area contributed by atoms with Gasteiger partial charge in [0.25, 0.3) is 0 Å². The minimum absolute atomic E-state index is 0.349. The van der Waals surface area contributed by atoms with E-state index in [0.717, 1.165) is 34.4 Å². The van der Waals surface area contributed by atoms with Crippen molar-refractivity contribution in [1.82, 2.24) is 19.7 Å². The van der Waals surface area contributed by atoms with E-state index < -0.39 is 8.07 Å². The average Bonchev–Trinajstić information content (AvgIpc) is 3.01. The predicted molar refractivity (Wildman–Crippen MR) is 105 cm³/mol. The third-order valence-corrected chi connectivity index (χ3v) is 5.92. The molecule has 0 fully saturated rings. The van der Waals surface area contributed by atoms with Gasteiger partial charge in [0.05, 0.1) is 11.7 Å². The SMILES string of the molecule is Cc1ncc(-c2cc(C=O)c3c(cnn3COCC[Si](C)(C)C)c2)cn1. The number of aromatic nitrogens is 4. The van der Waals surface area contributed by atoms with Crippen LogP contribution in [-0.4, -0.2) is 40.7 Å². The Morgan fingerprint density at radius 2 is 1.85 bits per heavy atom. The number of carbonyl (C=O) groups excluding carboxylic acids is 1. The highest BCUT2D eigenvalue weighted by Crippen LogP contribution is 2.26. The number of hydrogen-bond donors (Lipinski definition) is 0. The molecule has 26 heavy (non-hydrogen) atoms. The number of carbonyl (C=O) groups is 1. The first-order valence-electron chi connectivity index (χ1n) is 8.69. The van der Waals surface area contributed by atoms with Crippen molar-refractivity contribution < 1.29 is 9.53 Å². The van der Waals surface area contributed by atoms with E-state index in [1.165, 1.54) is 0 Å². The third kappa shape index (κ3) is 4.23. The maximum atomic E-state index is 11.7. The summed E-state index contributed by atoms with van der Waals surface area (Å²) in [5, 5.41) is 5.30. The van der Waals surface area contributed by atoms with E-state index in [9.17, 15) is 4.79 Å². The average molecular weight is 369 g/mol.